The summed E-state index contributed by atoms with van der Waals surface area (Å²) in [6.45, 7) is 4.86. The Labute approximate surface area is 112 Å². The van der Waals surface area contributed by atoms with E-state index in [4.69, 9.17) is 11.6 Å². The number of rotatable bonds is 6. The number of halogens is 1. The number of alkyl halides is 1. The van der Waals surface area contributed by atoms with E-state index in [1.165, 1.54) is 0 Å². The molecule has 0 aliphatic heterocycles. The van der Waals surface area contributed by atoms with E-state index in [2.05, 4.69) is 16.1 Å². The van der Waals surface area contributed by atoms with Crippen molar-refractivity contribution in [3.8, 4) is 0 Å². The van der Waals surface area contributed by atoms with Crippen LogP contribution in [-0.4, -0.2) is 44.8 Å². The van der Waals surface area contributed by atoms with Crippen LogP contribution in [-0.2, 0) is 29.4 Å². The molecular weight excluding hydrogens is 284 g/mol. The lowest BCUT2D eigenvalue weighted by Gasteiger charge is -2.02. The maximum Gasteiger partial charge on any atom is 0.330 e. The second kappa shape index (κ2) is 13.7. The molecule has 0 aliphatic carbocycles. The molecule has 0 aromatic heterocycles. The molecule has 0 aromatic rings. The van der Waals surface area contributed by atoms with Crippen LogP contribution in [0.3, 0.4) is 0 Å². The van der Waals surface area contributed by atoms with Gasteiger partial charge in [-0.15, -0.1) is 11.6 Å². The first-order chi connectivity index (χ1) is 8.47. The first-order valence-corrected chi connectivity index (χ1v) is 6.57. The van der Waals surface area contributed by atoms with Crippen LogP contribution >= 0.6 is 11.6 Å². The van der Waals surface area contributed by atoms with Crippen LogP contribution in [0, 0.1) is 0 Å². The van der Waals surface area contributed by atoms with Crippen LogP contribution < -0.4 is 0 Å². The summed E-state index contributed by atoms with van der Waals surface area (Å²) in [6.07, 6.45) is 0.654. The van der Waals surface area contributed by atoms with Crippen LogP contribution in [0.1, 0.15) is 13.3 Å². The van der Waals surface area contributed by atoms with Gasteiger partial charge in [-0.05, 0) is 0 Å². The van der Waals surface area contributed by atoms with E-state index in [0.717, 1.165) is 17.3 Å². The standard InChI is InChI=1S/C8H10O6S.C2H5Cl/c1-2-7(9)13-4-5-14-8(10)3-6-15(11)12;1-2-3/h2,6H,1,3-5H2;2H2,1H3. The van der Waals surface area contributed by atoms with Crippen molar-refractivity contribution in [3.05, 3.63) is 12.7 Å². The largest absolute Gasteiger partial charge is 0.462 e. The number of carbonyl (C=O) groups is 2. The Balaban J connectivity index is 0. The van der Waals surface area contributed by atoms with Crippen molar-refractivity contribution in [1.82, 2.24) is 0 Å². The maximum absolute atomic E-state index is 10.8. The topological polar surface area (TPSA) is 86.7 Å². The fourth-order valence-corrected chi connectivity index (χ4v) is 0.824. The highest BCUT2D eigenvalue weighted by atomic mass is 35.5. The zero-order valence-corrected chi connectivity index (χ0v) is 11.5. The van der Waals surface area contributed by atoms with Gasteiger partial charge in [0, 0.05) is 17.3 Å². The minimum absolute atomic E-state index is 0.0863. The molecule has 18 heavy (non-hydrogen) atoms. The average molecular weight is 299 g/mol. The molecule has 0 radical (unpaired) electrons. The summed E-state index contributed by atoms with van der Waals surface area (Å²) in [5, 5.41) is 0.776. The van der Waals surface area contributed by atoms with Gasteiger partial charge in [0.1, 0.15) is 13.2 Å². The summed E-state index contributed by atoms with van der Waals surface area (Å²) in [4.78, 5) is 21.3. The monoisotopic (exact) mass is 298 g/mol. The lowest BCUT2D eigenvalue weighted by Crippen LogP contribution is -2.12. The highest BCUT2D eigenvalue weighted by Crippen LogP contribution is 1.85. The normalized spacial score (nSPS) is 8.33. The number of ether oxygens (including phenoxy) is 2. The SMILES string of the molecule is C=CC(=O)OCCOC(=O)CC=S(=O)=O.CCCl. The maximum atomic E-state index is 10.8. The van der Waals surface area contributed by atoms with Crippen molar-refractivity contribution in [1.29, 1.82) is 0 Å². The lowest BCUT2D eigenvalue weighted by atomic mass is 10.5. The molecule has 0 unspecified atom stereocenters. The van der Waals surface area contributed by atoms with E-state index >= 15 is 0 Å². The minimum atomic E-state index is -2.38. The first kappa shape index (κ1) is 19.0. The van der Waals surface area contributed by atoms with E-state index in [9.17, 15) is 18.0 Å². The zero-order chi connectivity index (χ0) is 14.4. The van der Waals surface area contributed by atoms with Gasteiger partial charge in [0.25, 0.3) is 0 Å². The van der Waals surface area contributed by atoms with Crippen LogP contribution in [0.2, 0.25) is 0 Å². The van der Waals surface area contributed by atoms with Crippen molar-refractivity contribution in [2.24, 2.45) is 0 Å². The van der Waals surface area contributed by atoms with E-state index in [-0.39, 0.29) is 19.6 Å². The average Bonchev–Trinajstić information content (AvgIpc) is 2.32. The molecule has 0 fully saturated rings. The quantitative estimate of drug-likeness (QED) is 0.234. The van der Waals surface area contributed by atoms with Gasteiger partial charge in [0.15, 0.2) is 0 Å². The Morgan fingerprint density at radius 2 is 1.78 bits per heavy atom. The molecule has 104 valence electrons. The summed E-state index contributed by atoms with van der Waals surface area (Å²) in [6, 6.07) is 0. The third-order valence-electron chi connectivity index (χ3n) is 1.14. The fourth-order valence-electron chi connectivity index (χ4n) is 0.552. The van der Waals surface area contributed by atoms with Gasteiger partial charge in [-0.2, -0.15) is 8.42 Å². The Bertz CT molecular complexity index is 379. The molecule has 6 nitrogen and oxygen atoms in total. The second-order valence-electron chi connectivity index (χ2n) is 2.49. The Hall–Kier alpha value is -1.34. The van der Waals surface area contributed by atoms with E-state index in [1.54, 1.807) is 0 Å². The van der Waals surface area contributed by atoms with Crippen LogP contribution in [0.4, 0.5) is 0 Å². The van der Waals surface area contributed by atoms with Gasteiger partial charge in [0.05, 0.1) is 6.42 Å². The summed E-state index contributed by atoms with van der Waals surface area (Å²) in [5.41, 5.74) is 0. The molecule has 0 saturated heterocycles. The van der Waals surface area contributed by atoms with Gasteiger partial charge < -0.3 is 9.47 Å². The number of carbonyl (C=O) groups excluding carboxylic acids is 2. The summed E-state index contributed by atoms with van der Waals surface area (Å²) in [5.74, 6) is -0.591. The zero-order valence-electron chi connectivity index (χ0n) is 9.93. The lowest BCUT2D eigenvalue weighted by molar-refractivity contribution is -0.148. The Kier molecular flexibility index (Phi) is 14.5. The first-order valence-electron chi connectivity index (χ1n) is 4.90. The minimum Gasteiger partial charge on any atom is -0.462 e. The molecule has 0 heterocycles. The molecule has 0 aliphatic rings. The third-order valence-corrected chi connectivity index (χ3v) is 1.58. The molecule has 0 aromatic carbocycles. The van der Waals surface area contributed by atoms with Gasteiger partial charge in [0.2, 0.25) is 10.3 Å². The number of hydrogen-bond donors (Lipinski definition) is 0. The molecule has 0 N–H and O–H groups in total. The molecule has 0 atom stereocenters. The molecule has 8 heteroatoms. The predicted octanol–water partition coefficient (Wildman–Crippen LogP) is 0.575. The van der Waals surface area contributed by atoms with Gasteiger partial charge >= 0.3 is 11.9 Å². The summed E-state index contributed by atoms with van der Waals surface area (Å²) >= 11 is 5.00. The van der Waals surface area contributed by atoms with E-state index in [0.29, 0.717) is 0 Å². The molecule has 0 saturated carbocycles. The van der Waals surface area contributed by atoms with Gasteiger partial charge in [-0.25, -0.2) is 4.79 Å². The number of esters is 2. The second-order valence-corrected chi connectivity index (χ2v) is 3.88. The summed E-state index contributed by atoms with van der Waals surface area (Å²) < 4.78 is 29.1. The van der Waals surface area contributed by atoms with Crippen LogP contribution in [0.5, 0.6) is 0 Å². The van der Waals surface area contributed by atoms with Crippen LogP contribution in [0.15, 0.2) is 12.7 Å². The van der Waals surface area contributed by atoms with E-state index in [1.807, 2.05) is 6.92 Å². The van der Waals surface area contributed by atoms with Crippen molar-refractivity contribution in [2.45, 2.75) is 13.3 Å². The molecular formula is C10H15ClO6S. The van der Waals surface area contributed by atoms with Crippen molar-refractivity contribution in [3.63, 3.8) is 0 Å². The highest BCUT2D eigenvalue weighted by Gasteiger charge is 2.01. The van der Waals surface area contributed by atoms with Gasteiger partial charge in [-0.3, -0.25) is 4.79 Å². The molecule has 0 bridgehead atoms. The Morgan fingerprint density at radius 3 is 2.22 bits per heavy atom. The fraction of sp³-hybridized carbons (Fsp3) is 0.500. The van der Waals surface area contributed by atoms with E-state index < -0.39 is 22.2 Å². The predicted molar refractivity (Wildman–Crippen MR) is 68.1 cm³/mol. The van der Waals surface area contributed by atoms with Crippen LogP contribution in [0.25, 0.3) is 0 Å². The highest BCUT2D eigenvalue weighted by molar-refractivity contribution is 7.71. The Morgan fingerprint density at radius 1 is 1.28 bits per heavy atom. The third kappa shape index (κ3) is 17.1. The molecule has 0 rings (SSSR count). The smallest absolute Gasteiger partial charge is 0.330 e. The van der Waals surface area contributed by atoms with Crippen molar-refractivity contribution >= 4 is 39.2 Å². The molecule has 0 amide bonds. The number of hydrogen-bond acceptors (Lipinski definition) is 6. The molecule has 0 spiro atoms. The van der Waals surface area contributed by atoms with Crippen molar-refractivity contribution in [2.75, 3.05) is 19.1 Å². The summed E-state index contributed by atoms with van der Waals surface area (Å²) in [7, 11) is -2.38. The van der Waals surface area contributed by atoms with Gasteiger partial charge in [-0.1, -0.05) is 13.5 Å². The van der Waals surface area contributed by atoms with Crippen molar-refractivity contribution < 1.29 is 27.5 Å².